The molecule has 0 unspecified atom stereocenters. The van der Waals surface area contributed by atoms with Gasteiger partial charge in [0.15, 0.2) is 5.82 Å². The minimum atomic E-state index is 0.593. The van der Waals surface area contributed by atoms with Crippen LogP contribution in [-0.2, 0) is 7.05 Å². The van der Waals surface area contributed by atoms with E-state index in [4.69, 9.17) is 10.5 Å². The third kappa shape index (κ3) is 2.48. The van der Waals surface area contributed by atoms with Gasteiger partial charge in [0.05, 0.1) is 7.11 Å². The van der Waals surface area contributed by atoms with Crippen molar-refractivity contribution in [1.82, 2.24) is 9.78 Å². The Hall–Kier alpha value is -1.52. The minimum absolute atomic E-state index is 0.593. The number of hydrogen-bond acceptors (Lipinski definition) is 3. The van der Waals surface area contributed by atoms with Crippen molar-refractivity contribution in [1.29, 1.82) is 0 Å². The Bertz CT molecular complexity index is 330. The zero-order valence-electron chi connectivity index (χ0n) is 8.82. The van der Waals surface area contributed by atoms with Crippen LogP contribution in [0.4, 0.5) is 5.82 Å². The zero-order chi connectivity index (χ0) is 10.6. The predicted molar refractivity (Wildman–Crippen MR) is 56.0 cm³/mol. The molecule has 0 aliphatic heterocycles. The summed E-state index contributed by atoms with van der Waals surface area (Å²) in [5.74, 6) is 1.87. The van der Waals surface area contributed by atoms with Crippen LogP contribution in [0.3, 0.4) is 0 Å². The maximum Gasteiger partial charge on any atom is 0.213 e. The third-order valence-corrected chi connectivity index (χ3v) is 1.80. The molecule has 5 nitrogen and oxygen atoms in total. The van der Waals surface area contributed by atoms with Gasteiger partial charge in [-0.15, -0.1) is 5.10 Å². The lowest BCUT2D eigenvalue weighted by Gasteiger charge is -1.95. The highest BCUT2D eigenvalue weighted by molar-refractivity contribution is 5.82. The molecule has 0 saturated heterocycles. The molecule has 1 aromatic heterocycles. The van der Waals surface area contributed by atoms with Gasteiger partial charge >= 0.3 is 0 Å². The van der Waals surface area contributed by atoms with Gasteiger partial charge in [-0.05, 0) is 6.42 Å². The molecule has 5 heteroatoms. The van der Waals surface area contributed by atoms with Crippen molar-refractivity contribution in [3.05, 3.63) is 6.07 Å². The first-order valence-corrected chi connectivity index (χ1v) is 4.58. The van der Waals surface area contributed by atoms with Crippen molar-refractivity contribution in [3.63, 3.8) is 0 Å². The van der Waals surface area contributed by atoms with Crippen molar-refractivity contribution in [2.24, 2.45) is 17.8 Å². The molecule has 0 saturated carbocycles. The number of hydrogen-bond donors (Lipinski definition) is 1. The van der Waals surface area contributed by atoms with Gasteiger partial charge in [0.1, 0.15) is 5.84 Å². The van der Waals surface area contributed by atoms with Crippen LogP contribution in [0.25, 0.3) is 0 Å². The van der Waals surface area contributed by atoms with Gasteiger partial charge in [-0.3, -0.25) is 0 Å². The van der Waals surface area contributed by atoms with Gasteiger partial charge in [0, 0.05) is 19.5 Å². The molecule has 0 aliphatic rings. The van der Waals surface area contributed by atoms with Crippen molar-refractivity contribution >= 4 is 11.7 Å². The van der Waals surface area contributed by atoms with Crippen LogP contribution < -0.4 is 10.5 Å². The Labute approximate surface area is 83.6 Å². The van der Waals surface area contributed by atoms with Crippen LogP contribution in [0.5, 0.6) is 5.88 Å². The summed E-state index contributed by atoms with van der Waals surface area (Å²) in [6.07, 6.45) is 1.78. The van der Waals surface area contributed by atoms with E-state index in [1.807, 2.05) is 0 Å². The quantitative estimate of drug-likeness (QED) is 0.581. The first-order chi connectivity index (χ1) is 6.67. The molecule has 2 N–H and O–H groups in total. The third-order valence-electron chi connectivity index (χ3n) is 1.80. The van der Waals surface area contributed by atoms with E-state index < -0.39 is 0 Å². The maximum atomic E-state index is 5.68. The summed E-state index contributed by atoms with van der Waals surface area (Å²) in [6, 6.07) is 1.75. The number of aliphatic imine (C=N–C) groups is 1. The van der Waals surface area contributed by atoms with Crippen molar-refractivity contribution in [3.8, 4) is 5.88 Å². The second-order valence-electron chi connectivity index (χ2n) is 3.02. The number of nitrogens with two attached hydrogens (primary N) is 1. The first-order valence-electron chi connectivity index (χ1n) is 4.58. The van der Waals surface area contributed by atoms with E-state index in [1.54, 1.807) is 24.9 Å². The highest BCUT2D eigenvalue weighted by Crippen LogP contribution is 2.17. The molecule has 0 spiro atoms. The molecule has 78 valence electrons. The Kier molecular flexibility index (Phi) is 3.50. The van der Waals surface area contributed by atoms with Gasteiger partial charge in [-0.25, -0.2) is 9.67 Å². The number of aromatic nitrogens is 2. The molecular formula is C9H16N4O. The van der Waals surface area contributed by atoms with Gasteiger partial charge in [0.2, 0.25) is 5.88 Å². The van der Waals surface area contributed by atoms with Crippen LogP contribution in [0.15, 0.2) is 11.1 Å². The van der Waals surface area contributed by atoms with Crippen molar-refractivity contribution < 1.29 is 4.74 Å². The highest BCUT2D eigenvalue weighted by atomic mass is 16.5. The monoisotopic (exact) mass is 196 g/mol. The van der Waals surface area contributed by atoms with E-state index in [2.05, 4.69) is 17.0 Å². The number of methoxy groups -OCH3 is 1. The van der Waals surface area contributed by atoms with E-state index in [0.717, 1.165) is 12.8 Å². The van der Waals surface area contributed by atoms with E-state index in [-0.39, 0.29) is 0 Å². The predicted octanol–water partition coefficient (Wildman–Crippen LogP) is 1.22. The summed E-state index contributed by atoms with van der Waals surface area (Å²) in [5, 5.41) is 4.13. The lowest BCUT2D eigenvalue weighted by molar-refractivity contribution is 0.373. The average Bonchev–Trinajstić information content (AvgIpc) is 2.46. The highest BCUT2D eigenvalue weighted by Gasteiger charge is 2.03. The van der Waals surface area contributed by atoms with Crippen molar-refractivity contribution in [2.75, 3.05) is 7.11 Å². The van der Waals surface area contributed by atoms with Crippen LogP contribution in [0.2, 0.25) is 0 Å². The Morgan fingerprint density at radius 3 is 2.93 bits per heavy atom. The average molecular weight is 196 g/mol. The number of aryl methyl sites for hydroxylation is 1. The number of amidine groups is 1. The Morgan fingerprint density at radius 1 is 1.71 bits per heavy atom. The smallest absolute Gasteiger partial charge is 0.213 e. The Balaban J connectivity index is 2.81. The lowest BCUT2D eigenvalue weighted by Crippen LogP contribution is -2.09. The molecule has 1 heterocycles. The number of rotatable bonds is 4. The molecular weight excluding hydrogens is 180 g/mol. The summed E-state index contributed by atoms with van der Waals surface area (Å²) in [4.78, 5) is 4.16. The van der Waals surface area contributed by atoms with Crippen LogP contribution in [0.1, 0.15) is 19.8 Å². The van der Waals surface area contributed by atoms with Crippen LogP contribution in [-0.4, -0.2) is 22.7 Å². The summed E-state index contributed by atoms with van der Waals surface area (Å²) >= 11 is 0. The fourth-order valence-electron chi connectivity index (χ4n) is 1.14. The summed E-state index contributed by atoms with van der Waals surface area (Å²) < 4.78 is 6.68. The molecule has 0 aliphatic carbocycles. The second-order valence-corrected chi connectivity index (χ2v) is 3.02. The fourth-order valence-corrected chi connectivity index (χ4v) is 1.14. The minimum Gasteiger partial charge on any atom is -0.481 e. The molecule has 1 rings (SSSR count). The van der Waals surface area contributed by atoms with Gasteiger partial charge in [0.25, 0.3) is 0 Å². The van der Waals surface area contributed by atoms with E-state index in [0.29, 0.717) is 17.5 Å². The number of nitrogens with zero attached hydrogens (tertiary/aromatic N) is 3. The summed E-state index contributed by atoms with van der Waals surface area (Å²) in [6.45, 7) is 2.06. The topological polar surface area (TPSA) is 65.4 Å². The first kappa shape index (κ1) is 10.6. The second kappa shape index (κ2) is 4.64. The summed E-state index contributed by atoms with van der Waals surface area (Å²) in [7, 11) is 3.40. The number of ether oxygens (including phenoxy) is 1. The molecule has 0 radical (unpaired) electrons. The van der Waals surface area contributed by atoms with Crippen molar-refractivity contribution in [2.45, 2.75) is 19.8 Å². The Morgan fingerprint density at radius 2 is 2.43 bits per heavy atom. The maximum absolute atomic E-state index is 5.68. The van der Waals surface area contributed by atoms with E-state index in [1.165, 1.54) is 0 Å². The largest absolute Gasteiger partial charge is 0.481 e. The molecule has 0 fully saturated rings. The van der Waals surface area contributed by atoms with Crippen LogP contribution >= 0.6 is 0 Å². The van der Waals surface area contributed by atoms with Crippen LogP contribution in [0, 0.1) is 0 Å². The fraction of sp³-hybridized carbons (Fsp3) is 0.556. The SMILES string of the molecule is CCCC(N)=Nc1cc(OC)n(C)n1. The van der Waals surface area contributed by atoms with Gasteiger partial charge in [-0.2, -0.15) is 0 Å². The zero-order valence-corrected chi connectivity index (χ0v) is 8.82. The summed E-state index contributed by atoms with van der Waals surface area (Å²) in [5.41, 5.74) is 5.68. The normalized spacial score (nSPS) is 11.8. The molecule has 0 amide bonds. The molecule has 0 aromatic carbocycles. The molecule has 0 atom stereocenters. The molecule has 0 bridgehead atoms. The van der Waals surface area contributed by atoms with E-state index >= 15 is 0 Å². The standard InChI is InChI=1S/C9H16N4O/c1-4-5-7(10)11-8-6-9(14-3)13(2)12-8/h6H,4-5H2,1-3H3,(H2,10,11,12). The van der Waals surface area contributed by atoms with Gasteiger partial charge in [-0.1, -0.05) is 6.92 Å². The lowest BCUT2D eigenvalue weighted by atomic mass is 10.3. The van der Waals surface area contributed by atoms with Gasteiger partial charge < -0.3 is 10.5 Å². The molecule has 1 aromatic rings. The molecule has 14 heavy (non-hydrogen) atoms. The van der Waals surface area contributed by atoms with E-state index in [9.17, 15) is 0 Å².